The summed E-state index contributed by atoms with van der Waals surface area (Å²) in [5.74, 6) is 0.0529. The molecular weight excluding hydrogens is 192 g/mol. The zero-order valence-electron chi connectivity index (χ0n) is 9.75. The van der Waals surface area contributed by atoms with Crippen molar-refractivity contribution in [2.24, 2.45) is 0 Å². The van der Waals surface area contributed by atoms with Crippen molar-refractivity contribution in [3.8, 4) is 0 Å². The van der Waals surface area contributed by atoms with E-state index in [0.29, 0.717) is 12.8 Å². The van der Waals surface area contributed by atoms with Gasteiger partial charge in [0.05, 0.1) is 0 Å². The van der Waals surface area contributed by atoms with Gasteiger partial charge in [-0.25, -0.2) is 0 Å². The third-order valence-corrected chi connectivity index (χ3v) is 3.41. The van der Waals surface area contributed by atoms with E-state index in [4.69, 9.17) is 5.11 Å². The quantitative estimate of drug-likeness (QED) is 0.671. The Morgan fingerprint density at radius 2 is 2.13 bits per heavy atom. The number of hydrogen-bond acceptors (Lipinski definition) is 3. The second-order valence-electron chi connectivity index (χ2n) is 4.58. The SMILES string of the molecule is CN(C)C1(CNC(=O)CCCO)CCC1. The number of hydrogen-bond donors (Lipinski definition) is 2. The highest BCUT2D eigenvalue weighted by Gasteiger charge is 2.38. The third-order valence-electron chi connectivity index (χ3n) is 3.41. The lowest BCUT2D eigenvalue weighted by Gasteiger charge is -2.47. The Morgan fingerprint density at radius 3 is 2.53 bits per heavy atom. The Balaban J connectivity index is 2.25. The molecule has 0 aliphatic heterocycles. The van der Waals surface area contributed by atoms with Crippen LogP contribution in [0.15, 0.2) is 0 Å². The van der Waals surface area contributed by atoms with Gasteiger partial charge < -0.3 is 15.3 Å². The van der Waals surface area contributed by atoms with E-state index >= 15 is 0 Å². The predicted octanol–water partition coefficient (Wildman–Crippen LogP) is 0.359. The van der Waals surface area contributed by atoms with Crippen LogP contribution in [0.4, 0.5) is 0 Å². The van der Waals surface area contributed by atoms with Crippen LogP contribution in [0.3, 0.4) is 0 Å². The van der Waals surface area contributed by atoms with E-state index in [1.165, 1.54) is 19.3 Å². The van der Waals surface area contributed by atoms with Crippen LogP contribution in [-0.4, -0.2) is 48.7 Å². The fourth-order valence-corrected chi connectivity index (χ4v) is 1.96. The molecule has 15 heavy (non-hydrogen) atoms. The summed E-state index contributed by atoms with van der Waals surface area (Å²) in [6.07, 6.45) is 4.58. The smallest absolute Gasteiger partial charge is 0.220 e. The van der Waals surface area contributed by atoms with Crippen molar-refractivity contribution in [1.82, 2.24) is 10.2 Å². The Labute approximate surface area is 91.6 Å². The molecule has 0 unspecified atom stereocenters. The first kappa shape index (κ1) is 12.5. The summed E-state index contributed by atoms with van der Waals surface area (Å²) < 4.78 is 0. The molecule has 0 saturated heterocycles. The number of carbonyl (C=O) groups is 1. The average Bonchev–Trinajstić information content (AvgIpc) is 2.12. The van der Waals surface area contributed by atoms with E-state index in [1.807, 2.05) is 0 Å². The maximum absolute atomic E-state index is 11.4. The number of amides is 1. The topological polar surface area (TPSA) is 52.6 Å². The lowest BCUT2D eigenvalue weighted by Crippen LogP contribution is -2.57. The molecule has 4 nitrogen and oxygen atoms in total. The molecule has 0 spiro atoms. The zero-order valence-corrected chi connectivity index (χ0v) is 9.75. The lowest BCUT2D eigenvalue weighted by molar-refractivity contribution is -0.122. The number of nitrogens with zero attached hydrogens (tertiary/aromatic N) is 1. The second-order valence-corrected chi connectivity index (χ2v) is 4.58. The van der Waals surface area contributed by atoms with Gasteiger partial charge in [-0.05, 0) is 39.8 Å². The number of carbonyl (C=O) groups excluding carboxylic acids is 1. The van der Waals surface area contributed by atoms with E-state index in [0.717, 1.165) is 6.54 Å². The standard InChI is InChI=1S/C11H22N2O2/c1-13(2)11(6-4-7-11)9-12-10(15)5-3-8-14/h14H,3-9H2,1-2H3,(H,12,15). The van der Waals surface area contributed by atoms with Crippen LogP contribution in [0, 0.1) is 0 Å². The Kier molecular flexibility index (Phi) is 4.54. The molecule has 0 radical (unpaired) electrons. The molecule has 1 amide bonds. The first-order chi connectivity index (χ1) is 7.10. The molecule has 1 saturated carbocycles. The molecule has 0 aromatic heterocycles. The third kappa shape index (κ3) is 3.18. The number of aliphatic hydroxyl groups excluding tert-OH is 1. The van der Waals surface area contributed by atoms with Gasteiger partial charge in [0.1, 0.15) is 0 Å². The highest BCUT2D eigenvalue weighted by Crippen LogP contribution is 2.35. The van der Waals surface area contributed by atoms with Gasteiger partial charge in [-0.3, -0.25) is 4.79 Å². The van der Waals surface area contributed by atoms with Gasteiger partial charge >= 0.3 is 0 Å². The van der Waals surface area contributed by atoms with Gasteiger partial charge in [-0.2, -0.15) is 0 Å². The van der Waals surface area contributed by atoms with Crippen LogP contribution in [0.1, 0.15) is 32.1 Å². The molecule has 88 valence electrons. The van der Waals surface area contributed by atoms with Crippen molar-refractivity contribution in [1.29, 1.82) is 0 Å². The van der Waals surface area contributed by atoms with Crippen molar-refractivity contribution in [3.63, 3.8) is 0 Å². The minimum Gasteiger partial charge on any atom is -0.396 e. The molecular formula is C11H22N2O2. The molecule has 1 aliphatic rings. The van der Waals surface area contributed by atoms with Crippen molar-refractivity contribution < 1.29 is 9.90 Å². The van der Waals surface area contributed by atoms with Crippen molar-refractivity contribution in [3.05, 3.63) is 0 Å². The highest BCUT2D eigenvalue weighted by atomic mass is 16.3. The van der Waals surface area contributed by atoms with Crippen molar-refractivity contribution in [2.45, 2.75) is 37.6 Å². The van der Waals surface area contributed by atoms with E-state index in [1.54, 1.807) is 0 Å². The van der Waals surface area contributed by atoms with Gasteiger partial charge in [-0.15, -0.1) is 0 Å². The summed E-state index contributed by atoms with van der Waals surface area (Å²) in [5, 5.41) is 11.6. The fourth-order valence-electron chi connectivity index (χ4n) is 1.96. The van der Waals surface area contributed by atoms with Gasteiger partial charge in [0.25, 0.3) is 0 Å². The van der Waals surface area contributed by atoms with E-state index in [2.05, 4.69) is 24.3 Å². The zero-order chi connectivity index (χ0) is 11.3. The minimum atomic E-state index is 0.0529. The molecule has 4 heteroatoms. The van der Waals surface area contributed by atoms with Gasteiger partial charge in [0.2, 0.25) is 5.91 Å². The number of nitrogens with one attached hydrogen (secondary N) is 1. The summed E-state index contributed by atoms with van der Waals surface area (Å²) in [6, 6.07) is 0. The molecule has 0 aromatic carbocycles. The van der Waals surface area contributed by atoms with Crippen LogP contribution >= 0.6 is 0 Å². The van der Waals surface area contributed by atoms with Crippen molar-refractivity contribution in [2.75, 3.05) is 27.2 Å². The highest BCUT2D eigenvalue weighted by molar-refractivity contribution is 5.75. The van der Waals surface area contributed by atoms with Crippen LogP contribution in [0.2, 0.25) is 0 Å². The van der Waals surface area contributed by atoms with E-state index in [9.17, 15) is 4.79 Å². The van der Waals surface area contributed by atoms with Crippen LogP contribution < -0.4 is 5.32 Å². The van der Waals surface area contributed by atoms with Crippen molar-refractivity contribution >= 4 is 5.91 Å². The average molecular weight is 214 g/mol. The van der Waals surface area contributed by atoms with Crippen LogP contribution in [-0.2, 0) is 4.79 Å². The molecule has 0 heterocycles. The molecule has 1 aliphatic carbocycles. The van der Waals surface area contributed by atoms with E-state index < -0.39 is 0 Å². The summed E-state index contributed by atoms with van der Waals surface area (Å²) >= 11 is 0. The number of likely N-dealkylation sites (N-methyl/N-ethyl adjacent to an activating group) is 1. The predicted molar refractivity (Wildman–Crippen MR) is 59.6 cm³/mol. The van der Waals surface area contributed by atoms with Gasteiger partial charge in [-0.1, -0.05) is 0 Å². The fraction of sp³-hybridized carbons (Fsp3) is 0.909. The van der Waals surface area contributed by atoms with E-state index in [-0.39, 0.29) is 18.1 Å². The molecule has 0 atom stereocenters. The Morgan fingerprint density at radius 1 is 1.47 bits per heavy atom. The summed E-state index contributed by atoms with van der Waals surface area (Å²) in [6.45, 7) is 0.830. The Bertz CT molecular complexity index is 213. The second kappa shape index (κ2) is 5.47. The number of aliphatic hydroxyl groups is 1. The summed E-state index contributed by atoms with van der Waals surface area (Å²) in [5.41, 5.74) is 0.189. The monoisotopic (exact) mass is 214 g/mol. The normalized spacial score (nSPS) is 18.7. The first-order valence-corrected chi connectivity index (χ1v) is 5.66. The lowest BCUT2D eigenvalue weighted by atomic mass is 9.75. The molecule has 2 N–H and O–H groups in total. The van der Waals surface area contributed by atoms with Crippen LogP contribution in [0.5, 0.6) is 0 Å². The molecule has 0 bridgehead atoms. The minimum absolute atomic E-state index is 0.0529. The summed E-state index contributed by atoms with van der Waals surface area (Å²) in [7, 11) is 4.14. The first-order valence-electron chi connectivity index (χ1n) is 5.66. The summed E-state index contributed by atoms with van der Waals surface area (Å²) in [4.78, 5) is 13.6. The maximum Gasteiger partial charge on any atom is 0.220 e. The molecule has 0 aromatic rings. The van der Waals surface area contributed by atoms with Crippen LogP contribution in [0.25, 0.3) is 0 Å². The van der Waals surface area contributed by atoms with Gasteiger partial charge in [0.15, 0.2) is 0 Å². The maximum atomic E-state index is 11.4. The number of rotatable bonds is 6. The molecule has 1 fully saturated rings. The molecule has 1 rings (SSSR count). The largest absolute Gasteiger partial charge is 0.396 e. The Hall–Kier alpha value is -0.610. The van der Waals surface area contributed by atoms with Gasteiger partial charge in [0, 0.05) is 25.1 Å².